The van der Waals surface area contributed by atoms with Gasteiger partial charge in [-0.25, -0.2) is 0 Å². The van der Waals surface area contributed by atoms with E-state index >= 15 is 0 Å². The first-order chi connectivity index (χ1) is 49.6. The molecule has 3 spiro atoms. The van der Waals surface area contributed by atoms with Crippen LogP contribution in [-0.4, -0.2) is 6.29 Å². The van der Waals surface area contributed by atoms with Crippen molar-refractivity contribution in [1.82, 2.24) is 0 Å². The molecule has 6 aliphatic rings. The first-order valence-electron chi connectivity index (χ1n) is 34.5. The fourth-order valence-corrected chi connectivity index (χ4v) is 18.1. The van der Waals surface area contributed by atoms with Gasteiger partial charge in [0.1, 0.15) is 6.29 Å². The molecule has 0 N–H and O–H groups in total. The number of carbonyl (C=O) groups is 1. The largest absolute Gasteiger partial charge is 0.310 e. The van der Waals surface area contributed by atoms with Crippen LogP contribution in [0.15, 0.2) is 377 Å². The van der Waals surface area contributed by atoms with Gasteiger partial charge in [0.25, 0.3) is 0 Å². The van der Waals surface area contributed by atoms with Gasteiger partial charge in [-0.1, -0.05) is 298 Å². The van der Waals surface area contributed by atoms with Gasteiger partial charge in [0.15, 0.2) is 0 Å². The lowest BCUT2D eigenvalue weighted by molar-refractivity contribution is 0.112. The number of benzene rings is 15. The van der Waals surface area contributed by atoms with E-state index < -0.39 is 0 Å². The molecule has 4 heteroatoms. The van der Waals surface area contributed by atoms with E-state index in [0.717, 1.165) is 34.6 Å². The van der Waals surface area contributed by atoms with Crippen molar-refractivity contribution in [2.24, 2.45) is 0 Å². The molecule has 0 saturated carbocycles. The highest BCUT2D eigenvalue weighted by Crippen LogP contribution is 2.67. The van der Waals surface area contributed by atoms with Crippen LogP contribution in [0.4, 0.5) is 51.2 Å². The maximum Gasteiger partial charge on any atom is 0.150 e. The molecular weight excluding hydrogens is 1210 g/mol. The summed E-state index contributed by atoms with van der Waals surface area (Å²) in [5, 5.41) is 0. The van der Waals surface area contributed by atoms with Crippen LogP contribution >= 0.6 is 0 Å². The molecule has 0 aromatic heterocycles. The molecule has 15 aromatic rings. The van der Waals surface area contributed by atoms with E-state index in [1.54, 1.807) is 0 Å². The Hall–Kier alpha value is -12.9. The Morgan fingerprint density at radius 3 is 0.620 bits per heavy atom. The predicted octanol–water partition coefficient (Wildman–Crippen LogP) is 24.0. The minimum absolute atomic E-state index is 0.328. The minimum Gasteiger partial charge on any atom is -0.310 e. The maximum atomic E-state index is 11.3. The van der Waals surface area contributed by atoms with Gasteiger partial charge in [-0.3, -0.25) is 4.79 Å². The topological polar surface area (TPSA) is 26.8 Å². The fourth-order valence-electron chi connectivity index (χ4n) is 18.1. The van der Waals surface area contributed by atoms with Crippen molar-refractivity contribution in [3.8, 4) is 33.4 Å². The van der Waals surface area contributed by atoms with E-state index in [1.807, 2.05) is 30.3 Å². The van der Waals surface area contributed by atoms with Crippen LogP contribution in [0.5, 0.6) is 0 Å². The van der Waals surface area contributed by atoms with Crippen molar-refractivity contribution in [3.05, 3.63) is 455 Å². The molecule has 0 radical (unpaired) electrons. The monoisotopic (exact) mass is 1280 g/mol. The van der Waals surface area contributed by atoms with E-state index in [-0.39, 0.29) is 16.2 Å². The number of para-hydroxylation sites is 7. The van der Waals surface area contributed by atoms with Gasteiger partial charge >= 0.3 is 0 Å². The van der Waals surface area contributed by atoms with Crippen LogP contribution in [0.3, 0.4) is 0 Å². The lowest BCUT2D eigenvalue weighted by atomic mass is 9.64. The van der Waals surface area contributed by atoms with Crippen LogP contribution in [0.2, 0.25) is 0 Å². The molecule has 0 bridgehead atoms. The second-order valence-corrected chi connectivity index (χ2v) is 26.5. The molecule has 0 atom stereocenters. The van der Waals surface area contributed by atoms with Crippen LogP contribution in [-0.2, 0) is 16.2 Å². The number of anilines is 9. The average molecular weight is 1280 g/mol. The number of hydrogen-bond acceptors (Lipinski definition) is 4. The molecule has 0 saturated heterocycles. The standard InChI is InChI=1S/C33H23N.C32H21NO.C31H21N/c1-2-23-19-21-24(22-20-23)34-31-17-9-7-15-29(31)33(30-16-8-10-18-32(30)34)27-13-5-3-11-25(27)26-12-4-6-14-28(26)33;34-21-22-17-19-23(20-18-22)33-30-15-7-5-13-28(30)32(29-14-6-8-16-31(29)33)26-11-3-1-9-24(26)25-10-2-4-12-27(25)32;1-2-12-22(13-3-1)32-29-20-10-8-18-27(29)31(28-19-9-11-21-30(28)32)25-16-6-4-14-23(25)24-15-5-7-17-26(24)31/h2-22H,1H2;1-21H;1-21H. The number of carbonyl (C=O) groups excluding carboxylic acids is 1. The van der Waals surface area contributed by atoms with E-state index in [0.29, 0.717) is 5.56 Å². The summed E-state index contributed by atoms with van der Waals surface area (Å²) in [4.78, 5) is 18.4. The minimum atomic E-state index is -0.389. The number of nitrogens with zero attached hydrogens (tertiary/aromatic N) is 3. The van der Waals surface area contributed by atoms with Crippen molar-refractivity contribution in [2.75, 3.05) is 14.7 Å². The Kier molecular flexibility index (Phi) is 13.5. The molecule has 4 nitrogen and oxygen atoms in total. The third kappa shape index (κ3) is 8.19. The van der Waals surface area contributed by atoms with Crippen LogP contribution in [0.25, 0.3) is 39.5 Å². The first-order valence-corrected chi connectivity index (χ1v) is 34.5. The second-order valence-electron chi connectivity index (χ2n) is 26.5. The number of rotatable bonds is 5. The molecule has 0 unspecified atom stereocenters. The van der Waals surface area contributed by atoms with Gasteiger partial charge in [0.05, 0.1) is 50.4 Å². The Bertz CT molecular complexity index is 5240. The Morgan fingerprint density at radius 2 is 0.390 bits per heavy atom. The smallest absolute Gasteiger partial charge is 0.150 e. The summed E-state index contributed by atoms with van der Waals surface area (Å²) in [5.41, 5.74) is 35.2. The van der Waals surface area contributed by atoms with Gasteiger partial charge in [-0.15, -0.1) is 0 Å². The third-order valence-corrected chi connectivity index (χ3v) is 21.8. The van der Waals surface area contributed by atoms with Gasteiger partial charge in [0, 0.05) is 22.6 Å². The van der Waals surface area contributed by atoms with Crippen molar-refractivity contribution >= 4 is 63.5 Å². The molecule has 0 amide bonds. The Balaban J connectivity index is 0.000000104. The average Bonchev–Trinajstić information content (AvgIpc) is 1.47. The van der Waals surface area contributed by atoms with Crippen molar-refractivity contribution in [2.45, 2.75) is 16.2 Å². The van der Waals surface area contributed by atoms with Crippen molar-refractivity contribution in [3.63, 3.8) is 0 Å². The number of aldehydes is 1. The summed E-state index contributed by atoms with van der Waals surface area (Å²) in [6.45, 7) is 3.92. The quantitative estimate of drug-likeness (QED) is 0.161. The van der Waals surface area contributed by atoms with Crippen LogP contribution < -0.4 is 14.7 Å². The van der Waals surface area contributed by atoms with Gasteiger partial charge in [0.2, 0.25) is 0 Å². The Morgan fingerprint density at radius 1 is 0.200 bits per heavy atom. The highest BCUT2D eigenvalue weighted by Gasteiger charge is 2.55. The van der Waals surface area contributed by atoms with Crippen LogP contribution in [0, 0.1) is 0 Å². The first kappa shape index (κ1) is 58.5. The summed E-state index contributed by atoms with van der Waals surface area (Å²) < 4.78 is 0. The van der Waals surface area contributed by atoms with E-state index in [4.69, 9.17) is 0 Å². The fraction of sp³-hybridized carbons (Fsp3) is 0.0312. The molecule has 3 aliphatic heterocycles. The SMILES string of the molecule is C=Cc1ccc(N2c3ccccc3C3(c4ccccc4-c4ccccc43)c3ccccc32)cc1.O=Cc1ccc(N2c3ccccc3C3(c4ccccc4-c4ccccc43)c3ccccc32)cc1.c1ccc(N2c3ccccc3C3(c4ccccc4-c4ccccc43)c3ccccc32)cc1. The highest BCUT2D eigenvalue weighted by molar-refractivity contribution is 6.00. The van der Waals surface area contributed by atoms with E-state index in [1.165, 1.54) is 129 Å². The van der Waals surface area contributed by atoms with Gasteiger partial charge in [-0.2, -0.15) is 0 Å². The summed E-state index contributed by atoms with van der Waals surface area (Å²) >= 11 is 0. The Labute approximate surface area is 583 Å². The highest BCUT2D eigenvalue weighted by atomic mass is 16.1. The molecular formula is C96H65N3O. The zero-order valence-electron chi connectivity index (χ0n) is 54.8. The zero-order valence-corrected chi connectivity index (χ0v) is 54.8. The lowest BCUT2D eigenvalue weighted by Crippen LogP contribution is -2.36. The lowest BCUT2D eigenvalue weighted by Gasteiger charge is -2.45. The summed E-state index contributed by atoms with van der Waals surface area (Å²) in [5.74, 6) is 0. The number of hydrogen-bond donors (Lipinski definition) is 0. The molecule has 3 aliphatic carbocycles. The molecule has 0 fully saturated rings. The summed E-state index contributed by atoms with van der Waals surface area (Å²) in [6, 6.07) is 134. The second kappa shape index (κ2) is 23.2. The predicted molar refractivity (Wildman–Crippen MR) is 411 cm³/mol. The zero-order chi connectivity index (χ0) is 66.5. The molecule has 3 heterocycles. The van der Waals surface area contributed by atoms with E-state index in [9.17, 15) is 4.79 Å². The van der Waals surface area contributed by atoms with E-state index in [2.05, 4.69) is 367 Å². The van der Waals surface area contributed by atoms with Gasteiger partial charge < -0.3 is 14.7 Å². The summed E-state index contributed by atoms with van der Waals surface area (Å²) in [7, 11) is 0. The number of fused-ring (bicyclic) bond motifs is 27. The van der Waals surface area contributed by atoms with Gasteiger partial charge in [-0.05, 0) is 191 Å². The van der Waals surface area contributed by atoms with Crippen LogP contribution in [0.1, 0.15) is 82.7 Å². The van der Waals surface area contributed by atoms with Crippen molar-refractivity contribution < 1.29 is 4.79 Å². The van der Waals surface area contributed by atoms with Crippen molar-refractivity contribution in [1.29, 1.82) is 0 Å². The molecule has 21 rings (SSSR count). The molecule has 100 heavy (non-hydrogen) atoms. The maximum absolute atomic E-state index is 11.3. The summed E-state index contributed by atoms with van der Waals surface area (Å²) in [6.07, 6.45) is 2.78. The molecule has 470 valence electrons. The molecule has 15 aromatic carbocycles. The third-order valence-electron chi connectivity index (χ3n) is 21.8. The normalized spacial score (nSPS) is 14.3.